The van der Waals surface area contributed by atoms with Gasteiger partial charge in [-0.25, -0.2) is 0 Å². The zero-order valence-electron chi connectivity index (χ0n) is 13.9. The van der Waals surface area contributed by atoms with E-state index in [1.807, 2.05) is 0 Å². The molecule has 4 heteroatoms. The fourth-order valence-electron chi connectivity index (χ4n) is 3.79. The Balaban J connectivity index is 1.75. The standard InChI is InChI=1S/C17H32N2O2/c1-13-5-4-10-19(11-13)17(2,3)12-18-15-8-6-14(7-9-15)16(20)21/h13-15,18H,4-12H2,1-3H3,(H,20,21). The molecule has 0 spiro atoms. The maximum atomic E-state index is 11.0. The van der Waals surface area contributed by atoms with Crippen LogP contribution in [-0.4, -0.2) is 47.2 Å². The van der Waals surface area contributed by atoms with Gasteiger partial charge in [0.2, 0.25) is 0 Å². The average Bonchev–Trinajstić information content (AvgIpc) is 2.45. The Morgan fingerprint density at radius 1 is 1.24 bits per heavy atom. The lowest BCUT2D eigenvalue weighted by Gasteiger charge is -2.44. The number of hydrogen-bond donors (Lipinski definition) is 2. The molecule has 21 heavy (non-hydrogen) atoms. The monoisotopic (exact) mass is 296 g/mol. The largest absolute Gasteiger partial charge is 0.481 e. The topological polar surface area (TPSA) is 52.6 Å². The summed E-state index contributed by atoms with van der Waals surface area (Å²) in [5.41, 5.74) is 0.193. The van der Waals surface area contributed by atoms with Crippen LogP contribution in [0.1, 0.15) is 59.3 Å². The summed E-state index contributed by atoms with van der Waals surface area (Å²) in [5.74, 6) is 0.0825. The van der Waals surface area contributed by atoms with E-state index >= 15 is 0 Å². The Labute approximate surface area is 129 Å². The van der Waals surface area contributed by atoms with Crippen molar-refractivity contribution in [2.45, 2.75) is 70.9 Å². The number of aliphatic carboxylic acids is 1. The number of hydrogen-bond acceptors (Lipinski definition) is 3. The Bertz CT molecular complexity index is 349. The van der Waals surface area contributed by atoms with Gasteiger partial charge in [-0.15, -0.1) is 0 Å². The molecule has 122 valence electrons. The first kappa shape index (κ1) is 16.8. The smallest absolute Gasteiger partial charge is 0.306 e. The zero-order valence-corrected chi connectivity index (χ0v) is 13.9. The molecule has 1 aliphatic heterocycles. The lowest BCUT2D eigenvalue weighted by Crippen LogP contribution is -2.55. The van der Waals surface area contributed by atoms with Crippen LogP contribution in [-0.2, 0) is 4.79 Å². The molecule has 0 amide bonds. The third kappa shape index (κ3) is 4.68. The summed E-state index contributed by atoms with van der Waals surface area (Å²) < 4.78 is 0. The molecule has 2 rings (SSSR count). The van der Waals surface area contributed by atoms with Crippen molar-refractivity contribution in [3.05, 3.63) is 0 Å². The maximum absolute atomic E-state index is 11.0. The Kier molecular flexibility index (Phi) is 5.67. The van der Waals surface area contributed by atoms with Crippen molar-refractivity contribution in [2.75, 3.05) is 19.6 Å². The zero-order chi connectivity index (χ0) is 15.5. The minimum Gasteiger partial charge on any atom is -0.481 e. The van der Waals surface area contributed by atoms with Crippen LogP contribution in [0, 0.1) is 11.8 Å². The Morgan fingerprint density at radius 2 is 1.90 bits per heavy atom. The van der Waals surface area contributed by atoms with E-state index in [-0.39, 0.29) is 11.5 Å². The third-order valence-electron chi connectivity index (χ3n) is 5.41. The van der Waals surface area contributed by atoms with Crippen LogP contribution >= 0.6 is 0 Å². The highest BCUT2D eigenvalue weighted by molar-refractivity contribution is 5.70. The number of nitrogens with zero attached hydrogens (tertiary/aromatic N) is 1. The van der Waals surface area contributed by atoms with Crippen molar-refractivity contribution in [2.24, 2.45) is 11.8 Å². The Hall–Kier alpha value is -0.610. The molecule has 0 radical (unpaired) electrons. The van der Waals surface area contributed by atoms with Crippen LogP contribution in [0.25, 0.3) is 0 Å². The van der Waals surface area contributed by atoms with Crippen LogP contribution in [0.5, 0.6) is 0 Å². The third-order valence-corrected chi connectivity index (χ3v) is 5.41. The molecule has 2 aliphatic rings. The normalized spacial score (nSPS) is 32.0. The van der Waals surface area contributed by atoms with Crippen molar-refractivity contribution in [1.29, 1.82) is 0 Å². The van der Waals surface area contributed by atoms with Crippen LogP contribution in [0.4, 0.5) is 0 Å². The molecule has 1 saturated heterocycles. The van der Waals surface area contributed by atoms with Crippen LogP contribution in [0.15, 0.2) is 0 Å². The number of carboxylic acids is 1. The number of rotatable bonds is 5. The van der Waals surface area contributed by atoms with Crippen LogP contribution in [0.2, 0.25) is 0 Å². The number of nitrogens with one attached hydrogen (secondary N) is 1. The van der Waals surface area contributed by atoms with Crippen LogP contribution < -0.4 is 5.32 Å². The van der Waals surface area contributed by atoms with E-state index in [0.717, 1.165) is 38.1 Å². The van der Waals surface area contributed by atoms with E-state index in [0.29, 0.717) is 6.04 Å². The van der Waals surface area contributed by atoms with E-state index in [9.17, 15) is 4.79 Å². The molecule has 1 saturated carbocycles. The first-order valence-electron chi connectivity index (χ1n) is 8.60. The minimum atomic E-state index is -0.615. The highest BCUT2D eigenvalue weighted by Gasteiger charge is 2.32. The van der Waals surface area contributed by atoms with Gasteiger partial charge in [-0.1, -0.05) is 6.92 Å². The second kappa shape index (κ2) is 7.10. The van der Waals surface area contributed by atoms with Gasteiger partial charge < -0.3 is 10.4 Å². The van der Waals surface area contributed by atoms with Gasteiger partial charge >= 0.3 is 5.97 Å². The second-order valence-corrected chi connectivity index (χ2v) is 7.77. The summed E-state index contributed by atoms with van der Waals surface area (Å²) in [5, 5.41) is 12.8. The summed E-state index contributed by atoms with van der Waals surface area (Å²) >= 11 is 0. The van der Waals surface area contributed by atoms with Crippen molar-refractivity contribution in [1.82, 2.24) is 10.2 Å². The van der Waals surface area contributed by atoms with Gasteiger partial charge in [-0.3, -0.25) is 9.69 Å². The van der Waals surface area contributed by atoms with E-state index < -0.39 is 5.97 Å². The summed E-state index contributed by atoms with van der Waals surface area (Å²) in [6.45, 7) is 10.4. The van der Waals surface area contributed by atoms with Crippen molar-refractivity contribution in [3.63, 3.8) is 0 Å². The predicted molar refractivity (Wildman–Crippen MR) is 85.4 cm³/mol. The van der Waals surface area contributed by atoms with Gasteiger partial charge in [-0.2, -0.15) is 0 Å². The molecule has 2 N–H and O–H groups in total. The molecule has 0 bridgehead atoms. The van der Waals surface area contributed by atoms with Crippen molar-refractivity contribution < 1.29 is 9.90 Å². The lowest BCUT2D eigenvalue weighted by molar-refractivity contribution is -0.142. The van der Waals surface area contributed by atoms with Crippen molar-refractivity contribution in [3.8, 4) is 0 Å². The van der Waals surface area contributed by atoms with Crippen LogP contribution in [0.3, 0.4) is 0 Å². The highest BCUT2D eigenvalue weighted by atomic mass is 16.4. The molecule has 1 aliphatic carbocycles. The van der Waals surface area contributed by atoms with E-state index in [1.54, 1.807) is 0 Å². The molecular formula is C17H32N2O2. The van der Waals surface area contributed by atoms with E-state index in [1.165, 1.54) is 25.9 Å². The van der Waals surface area contributed by atoms with Gasteiger partial charge in [0.05, 0.1) is 5.92 Å². The van der Waals surface area contributed by atoms with Gasteiger partial charge in [0.15, 0.2) is 0 Å². The summed E-state index contributed by atoms with van der Waals surface area (Å²) in [6, 6.07) is 0.502. The molecule has 0 aromatic rings. The molecule has 2 fully saturated rings. The molecule has 0 aromatic carbocycles. The fraction of sp³-hybridized carbons (Fsp3) is 0.941. The molecular weight excluding hydrogens is 264 g/mol. The summed E-state index contributed by atoms with van der Waals surface area (Å²) in [4.78, 5) is 13.6. The first-order valence-corrected chi connectivity index (χ1v) is 8.60. The average molecular weight is 296 g/mol. The second-order valence-electron chi connectivity index (χ2n) is 7.77. The van der Waals surface area contributed by atoms with Gasteiger partial charge in [0, 0.05) is 24.7 Å². The van der Waals surface area contributed by atoms with Gasteiger partial charge in [0.25, 0.3) is 0 Å². The molecule has 1 unspecified atom stereocenters. The first-order chi connectivity index (χ1) is 9.88. The Morgan fingerprint density at radius 3 is 2.48 bits per heavy atom. The van der Waals surface area contributed by atoms with Gasteiger partial charge in [0.1, 0.15) is 0 Å². The molecule has 1 atom stereocenters. The minimum absolute atomic E-state index is 0.112. The fourth-order valence-corrected chi connectivity index (χ4v) is 3.79. The summed E-state index contributed by atoms with van der Waals surface area (Å²) in [7, 11) is 0. The van der Waals surface area contributed by atoms with E-state index in [2.05, 4.69) is 31.0 Å². The van der Waals surface area contributed by atoms with E-state index in [4.69, 9.17) is 5.11 Å². The highest BCUT2D eigenvalue weighted by Crippen LogP contribution is 2.26. The number of piperidine rings is 1. The molecule has 1 heterocycles. The molecule has 4 nitrogen and oxygen atoms in total. The number of carboxylic acid groups (broad SMARTS) is 1. The predicted octanol–water partition coefficient (Wildman–Crippen LogP) is 2.73. The summed E-state index contributed by atoms with van der Waals surface area (Å²) in [6.07, 6.45) is 6.34. The SMILES string of the molecule is CC1CCCN(C(C)(C)CNC2CCC(C(=O)O)CC2)C1. The lowest BCUT2D eigenvalue weighted by atomic mass is 9.85. The molecule has 0 aromatic heterocycles. The number of likely N-dealkylation sites (tertiary alicyclic amines) is 1. The quantitative estimate of drug-likeness (QED) is 0.819. The number of carbonyl (C=O) groups is 1. The maximum Gasteiger partial charge on any atom is 0.306 e. The van der Waals surface area contributed by atoms with Crippen molar-refractivity contribution >= 4 is 5.97 Å². The van der Waals surface area contributed by atoms with Gasteiger partial charge in [-0.05, 0) is 64.8 Å².